The monoisotopic (exact) mass is 463 g/mol. The summed E-state index contributed by atoms with van der Waals surface area (Å²) in [6.45, 7) is 9.08. The number of rotatable bonds is 2. The molecule has 0 amide bonds. The second-order valence-electron chi connectivity index (χ2n) is 9.79. The number of hydrogen-bond donors (Lipinski definition) is 0. The Morgan fingerprint density at radius 2 is 1.52 bits per heavy atom. The van der Waals surface area contributed by atoms with Crippen LogP contribution in [0.2, 0.25) is 0 Å². The van der Waals surface area contributed by atoms with Crippen molar-refractivity contribution >= 4 is 53.7 Å². The molecule has 0 N–H and O–H groups in total. The standard InChI is InChI=1S/C30H25NS2/c1-18-16-33-29-28(18)23(24-17-32-27-12-8-7-11-22(24)27)15-26(31-29)20-13-19-9-5-6-10-21(19)25(14-20)30(2,3)4/h5-17H,1-4H3. The van der Waals surface area contributed by atoms with Crippen LogP contribution in [0.3, 0.4) is 0 Å². The van der Waals surface area contributed by atoms with E-state index in [1.807, 2.05) is 11.3 Å². The summed E-state index contributed by atoms with van der Waals surface area (Å²) >= 11 is 3.56. The summed E-state index contributed by atoms with van der Waals surface area (Å²) in [6.07, 6.45) is 0. The van der Waals surface area contributed by atoms with E-state index >= 15 is 0 Å². The Bertz CT molecular complexity index is 1660. The van der Waals surface area contributed by atoms with Crippen molar-refractivity contribution in [3.8, 4) is 22.4 Å². The molecule has 0 aliphatic rings. The van der Waals surface area contributed by atoms with Crippen molar-refractivity contribution in [2.24, 2.45) is 0 Å². The first kappa shape index (κ1) is 20.6. The van der Waals surface area contributed by atoms with Crippen molar-refractivity contribution in [1.29, 1.82) is 0 Å². The molecule has 0 aliphatic heterocycles. The quantitative estimate of drug-likeness (QED) is 0.249. The Labute approximate surface area is 202 Å². The highest BCUT2D eigenvalue weighted by molar-refractivity contribution is 7.18. The van der Waals surface area contributed by atoms with Gasteiger partial charge in [-0.05, 0) is 74.8 Å². The van der Waals surface area contributed by atoms with Crippen LogP contribution in [0, 0.1) is 6.92 Å². The van der Waals surface area contributed by atoms with Gasteiger partial charge in [0.15, 0.2) is 0 Å². The third-order valence-electron chi connectivity index (χ3n) is 6.46. The van der Waals surface area contributed by atoms with Gasteiger partial charge in [-0.3, -0.25) is 0 Å². The van der Waals surface area contributed by atoms with Crippen molar-refractivity contribution in [3.63, 3.8) is 0 Å². The van der Waals surface area contributed by atoms with Gasteiger partial charge in [-0.15, -0.1) is 22.7 Å². The Morgan fingerprint density at radius 3 is 2.33 bits per heavy atom. The zero-order valence-electron chi connectivity index (χ0n) is 19.3. The molecule has 0 fully saturated rings. The van der Waals surface area contributed by atoms with Crippen molar-refractivity contribution in [1.82, 2.24) is 4.98 Å². The van der Waals surface area contributed by atoms with Crippen LogP contribution in [-0.2, 0) is 5.41 Å². The van der Waals surface area contributed by atoms with E-state index in [4.69, 9.17) is 4.98 Å². The Kier molecular flexibility index (Phi) is 4.69. The molecule has 6 aromatic rings. The summed E-state index contributed by atoms with van der Waals surface area (Å²) in [5.41, 5.74) is 7.54. The number of thiophene rings is 2. The summed E-state index contributed by atoms with van der Waals surface area (Å²) in [5.74, 6) is 0. The van der Waals surface area contributed by atoms with E-state index in [-0.39, 0.29) is 5.41 Å². The molecule has 0 unspecified atom stereocenters. The first-order chi connectivity index (χ1) is 15.9. The molecule has 0 spiro atoms. The van der Waals surface area contributed by atoms with Gasteiger partial charge in [0.05, 0.1) is 5.69 Å². The molecule has 3 aromatic heterocycles. The van der Waals surface area contributed by atoms with Crippen LogP contribution in [0.25, 0.3) is 53.5 Å². The zero-order chi connectivity index (χ0) is 22.7. The van der Waals surface area contributed by atoms with Crippen LogP contribution in [0.1, 0.15) is 31.9 Å². The van der Waals surface area contributed by atoms with Crippen molar-refractivity contribution in [2.45, 2.75) is 33.1 Å². The van der Waals surface area contributed by atoms with Crippen LogP contribution in [0.5, 0.6) is 0 Å². The average molecular weight is 464 g/mol. The highest BCUT2D eigenvalue weighted by Crippen LogP contribution is 2.42. The number of benzene rings is 3. The third kappa shape index (κ3) is 3.38. The predicted molar refractivity (Wildman–Crippen MR) is 147 cm³/mol. The molecule has 3 heterocycles. The van der Waals surface area contributed by atoms with Crippen LogP contribution < -0.4 is 0 Å². The van der Waals surface area contributed by atoms with E-state index in [0.29, 0.717) is 0 Å². The maximum Gasteiger partial charge on any atom is 0.124 e. The van der Waals surface area contributed by atoms with Gasteiger partial charge in [0.1, 0.15) is 4.83 Å². The van der Waals surface area contributed by atoms with Crippen molar-refractivity contribution < 1.29 is 0 Å². The molecule has 162 valence electrons. The van der Waals surface area contributed by atoms with E-state index in [0.717, 1.165) is 10.5 Å². The lowest BCUT2D eigenvalue weighted by molar-refractivity contribution is 0.596. The van der Waals surface area contributed by atoms with Gasteiger partial charge in [0, 0.05) is 26.6 Å². The largest absolute Gasteiger partial charge is 0.237 e. The zero-order valence-corrected chi connectivity index (χ0v) is 20.9. The third-order valence-corrected chi connectivity index (χ3v) is 8.42. The SMILES string of the molecule is Cc1csc2nc(-c3cc(C(C)(C)C)c4ccccc4c3)cc(-c3csc4ccccc34)c12. The van der Waals surface area contributed by atoms with Gasteiger partial charge in [-0.1, -0.05) is 63.2 Å². The minimum atomic E-state index is 0.0472. The maximum atomic E-state index is 5.17. The van der Waals surface area contributed by atoms with Gasteiger partial charge in [0.25, 0.3) is 0 Å². The molecule has 0 bridgehead atoms. The molecule has 6 rings (SSSR count). The molecule has 0 saturated carbocycles. The molecule has 0 atom stereocenters. The first-order valence-corrected chi connectivity index (χ1v) is 13.1. The Morgan fingerprint density at radius 1 is 0.758 bits per heavy atom. The lowest BCUT2D eigenvalue weighted by atomic mass is 9.82. The molecular formula is C30H25NS2. The van der Waals surface area contributed by atoms with Gasteiger partial charge in [-0.25, -0.2) is 4.98 Å². The minimum absolute atomic E-state index is 0.0472. The molecule has 1 nitrogen and oxygen atoms in total. The number of hydrogen-bond acceptors (Lipinski definition) is 3. The fraction of sp³-hybridized carbons (Fsp3) is 0.167. The molecule has 0 aliphatic carbocycles. The summed E-state index contributed by atoms with van der Waals surface area (Å²) in [4.78, 5) is 6.28. The Balaban J connectivity index is 1.66. The van der Waals surface area contributed by atoms with Gasteiger partial charge >= 0.3 is 0 Å². The van der Waals surface area contributed by atoms with Crippen LogP contribution in [-0.4, -0.2) is 4.98 Å². The molecule has 0 radical (unpaired) electrons. The van der Waals surface area contributed by atoms with E-state index in [9.17, 15) is 0 Å². The number of nitrogens with zero attached hydrogens (tertiary/aromatic N) is 1. The van der Waals surface area contributed by atoms with Gasteiger partial charge in [-0.2, -0.15) is 0 Å². The normalized spacial score (nSPS) is 12.2. The number of aromatic nitrogens is 1. The number of aryl methyl sites for hydroxylation is 1. The molecule has 3 aromatic carbocycles. The fourth-order valence-electron chi connectivity index (χ4n) is 4.82. The average Bonchev–Trinajstić information content (AvgIpc) is 3.41. The minimum Gasteiger partial charge on any atom is -0.237 e. The summed E-state index contributed by atoms with van der Waals surface area (Å²) in [5, 5.41) is 9.74. The summed E-state index contributed by atoms with van der Waals surface area (Å²) < 4.78 is 1.33. The first-order valence-electron chi connectivity index (χ1n) is 11.3. The van der Waals surface area contributed by atoms with E-state index in [1.54, 1.807) is 11.3 Å². The second-order valence-corrected chi connectivity index (χ2v) is 11.6. The van der Waals surface area contributed by atoms with Crippen molar-refractivity contribution in [3.05, 3.63) is 88.6 Å². The van der Waals surface area contributed by atoms with E-state index in [1.165, 1.54) is 54.1 Å². The smallest absolute Gasteiger partial charge is 0.124 e. The molecular weight excluding hydrogens is 438 g/mol. The molecule has 3 heteroatoms. The highest BCUT2D eigenvalue weighted by atomic mass is 32.1. The van der Waals surface area contributed by atoms with Crippen LogP contribution in [0.4, 0.5) is 0 Å². The van der Waals surface area contributed by atoms with E-state index < -0.39 is 0 Å². The lowest BCUT2D eigenvalue weighted by Crippen LogP contribution is -2.12. The Hall–Kier alpha value is -3.01. The number of fused-ring (bicyclic) bond motifs is 3. The number of pyridine rings is 1. The summed E-state index contributed by atoms with van der Waals surface area (Å²) in [6, 6.07) is 24.4. The van der Waals surface area contributed by atoms with Gasteiger partial charge < -0.3 is 0 Å². The highest BCUT2D eigenvalue weighted by Gasteiger charge is 2.20. The van der Waals surface area contributed by atoms with E-state index in [2.05, 4.69) is 105 Å². The molecule has 0 saturated heterocycles. The summed E-state index contributed by atoms with van der Waals surface area (Å²) in [7, 11) is 0. The van der Waals surface area contributed by atoms with Crippen molar-refractivity contribution in [2.75, 3.05) is 0 Å². The molecule has 33 heavy (non-hydrogen) atoms. The second kappa shape index (κ2) is 7.51. The van der Waals surface area contributed by atoms with Crippen LogP contribution >= 0.6 is 22.7 Å². The topological polar surface area (TPSA) is 12.9 Å². The predicted octanol–water partition coefficient (Wildman–Crippen LogP) is 9.60. The van der Waals surface area contributed by atoms with Gasteiger partial charge in [0.2, 0.25) is 0 Å². The fourth-order valence-corrected chi connectivity index (χ4v) is 6.72. The lowest BCUT2D eigenvalue weighted by Gasteiger charge is -2.23. The van der Waals surface area contributed by atoms with Crippen LogP contribution in [0.15, 0.2) is 77.5 Å². The maximum absolute atomic E-state index is 5.17.